The maximum Gasteiger partial charge on any atom is 0.266 e. The number of hydrogen-bond acceptors (Lipinski definition) is 3. The van der Waals surface area contributed by atoms with Gasteiger partial charge in [0.05, 0.1) is 12.2 Å². The lowest BCUT2D eigenvalue weighted by atomic mass is 10.1. The zero-order valence-corrected chi connectivity index (χ0v) is 13.9. The van der Waals surface area contributed by atoms with Crippen LogP contribution in [0.2, 0.25) is 0 Å². The lowest BCUT2D eigenvalue weighted by Gasteiger charge is -2.09. The van der Waals surface area contributed by atoms with Gasteiger partial charge in [-0.3, -0.25) is 4.79 Å². The van der Waals surface area contributed by atoms with Gasteiger partial charge in [0.15, 0.2) is 0 Å². The van der Waals surface area contributed by atoms with Gasteiger partial charge in [0.1, 0.15) is 0 Å². The van der Waals surface area contributed by atoms with Gasteiger partial charge in [-0.15, -0.1) is 0 Å². The van der Waals surface area contributed by atoms with Gasteiger partial charge in [-0.25, -0.2) is 4.68 Å². The molecule has 1 N–H and O–H groups in total. The van der Waals surface area contributed by atoms with Gasteiger partial charge in [0, 0.05) is 11.4 Å². The molecular weight excluding hydrogens is 274 g/mol. The van der Waals surface area contributed by atoms with Crippen molar-refractivity contribution >= 4 is 11.6 Å². The van der Waals surface area contributed by atoms with E-state index in [4.69, 9.17) is 0 Å². The van der Waals surface area contributed by atoms with Crippen LogP contribution in [0.4, 0.5) is 5.69 Å². The Balaban J connectivity index is 2.08. The number of carbonyl (C=O) groups excluding carboxylic acids is 1. The molecule has 0 atom stereocenters. The molecule has 0 radical (unpaired) electrons. The number of nitrogens with zero attached hydrogens (tertiary/aromatic N) is 2. The molecule has 1 aromatic heterocycles. The number of benzene rings is 1. The number of carbonyl (C=O) groups is 1. The molecule has 0 bridgehead atoms. The molecule has 0 saturated heterocycles. The zero-order chi connectivity index (χ0) is 16.1. The Hall–Kier alpha value is -2.10. The second-order valence-electron chi connectivity index (χ2n) is 5.73. The van der Waals surface area contributed by atoms with Crippen LogP contribution >= 0.6 is 0 Å². The Morgan fingerprint density at radius 3 is 2.64 bits per heavy atom. The number of hydrogen-bond donors (Lipinski definition) is 1. The predicted molar refractivity (Wildman–Crippen MR) is 90.6 cm³/mol. The molecule has 0 aliphatic carbocycles. The lowest BCUT2D eigenvalue weighted by Crippen LogP contribution is -2.23. The highest BCUT2D eigenvalue weighted by Gasteiger charge is 2.16. The summed E-state index contributed by atoms with van der Waals surface area (Å²) in [6.07, 6.45) is 3.27. The number of aryl methyl sites for hydroxylation is 2. The van der Waals surface area contributed by atoms with Crippen molar-refractivity contribution in [2.45, 2.75) is 47.0 Å². The fraction of sp³-hybridized carbons (Fsp3) is 0.444. The van der Waals surface area contributed by atoms with E-state index in [1.807, 2.05) is 45.0 Å². The van der Waals surface area contributed by atoms with Crippen molar-refractivity contribution < 1.29 is 4.79 Å². The van der Waals surface area contributed by atoms with E-state index in [2.05, 4.69) is 17.3 Å². The van der Waals surface area contributed by atoms with Gasteiger partial charge in [0.25, 0.3) is 5.91 Å². The van der Waals surface area contributed by atoms with Crippen molar-refractivity contribution in [3.05, 3.63) is 46.8 Å². The molecule has 118 valence electrons. The number of unbranched alkanes of at least 4 members (excludes halogenated alkanes) is 1. The molecule has 2 aromatic rings. The molecule has 0 aliphatic rings. The van der Waals surface area contributed by atoms with Crippen molar-refractivity contribution in [3.8, 4) is 0 Å². The van der Waals surface area contributed by atoms with Crippen LogP contribution in [0.5, 0.6) is 0 Å². The first-order chi connectivity index (χ1) is 10.5. The van der Waals surface area contributed by atoms with Crippen LogP contribution in [-0.2, 0) is 6.42 Å². The normalized spacial score (nSPS) is 10.7. The first-order valence-electron chi connectivity index (χ1n) is 7.92. The Kier molecular flexibility index (Phi) is 5.36. The minimum Gasteiger partial charge on any atom is -0.376 e. The monoisotopic (exact) mass is 299 g/mol. The van der Waals surface area contributed by atoms with Crippen LogP contribution in [0.3, 0.4) is 0 Å². The van der Waals surface area contributed by atoms with Gasteiger partial charge < -0.3 is 5.32 Å². The van der Waals surface area contributed by atoms with E-state index >= 15 is 0 Å². The number of rotatable bonds is 6. The fourth-order valence-corrected chi connectivity index (χ4v) is 2.65. The fourth-order valence-electron chi connectivity index (χ4n) is 2.65. The van der Waals surface area contributed by atoms with Crippen LogP contribution in [0.25, 0.3) is 0 Å². The van der Waals surface area contributed by atoms with E-state index in [1.54, 1.807) is 4.68 Å². The maximum absolute atomic E-state index is 12.4. The molecule has 0 aliphatic heterocycles. The second kappa shape index (κ2) is 7.25. The van der Waals surface area contributed by atoms with Crippen molar-refractivity contribution in [2.75, 3.05) is 11.9 Å². The lowest BCUT2D eigenvalue weighted by molar-refractivity contribution is 0.0910. The smallest absolute Gasteiger partial charge is 0.266 e. The molecule has 4 heteroatoms. The van der Waals surface area contributed by atoms with Crippen LogP contribution in [0.1, 0.15) is 47.1 Å². The first kappa shape index (κ1) is 16.3. The van der Waals surface area contributed by atoms with Crippen LogP contribution < -0.4 is 5.32 Å². The minimum atomic E-state index is -0.0217. The maximum atomic E-state index is 12.4. The Morgan fingerprint density at radius 1 is 1.23 bits per heavy atom. The highest BCUT2D eigenvalue weighted by Crippen LogP contribution is 2.16. The van der Waals surface area contributed by atoms with Gasteiger partial charge in [-0.2, -0.15) is 5.10 Å². The molecular formula is C18H25N3O. The predicted octanol–water partition coefficient (Wildman–Crippen LogP) is 3.90. The summed E-state index contributed by atoms with van der Waals surface area (Å²) >= 11 is 0. The number of aromatic nitrogens is 2. The highest BCUT2D eigenvalue weighted by molar-refractivity contribution is 5.83. The van der Waals surface area contributed by atoms with Gasteiger partial charge >= 0.3 is 0 Å². The van der Waals surface area contributed by atoms with Crippen molar-refractivity contribution in [1.29, 1.82) is 0 Å². The SMILES string of the molecule is CCCCc1c(C)nn(C(=O)CNc2ccccc2C)c1C. The van der Waals surface area contributed by atoms with E-state index in [9.17, 15) is 4.79 Å². The van der Waals surface area contributed by atoms with Crippen LogP contribution in [0.15, 0.2) is 24.3 Å². The van der Waals surface area contributed by atoms with E-state index in [0.29, 0.717) is 0 Å². The van der Waals surface area contributed by atoms with E-state index in [-0.39, 0.29) is 12.5 Å². The molecule has 0 saturated carbocycles. The number of para-hydroxylation sites is 1. The summed E-state index contributed by atoms with van der Waals surface area (Å²) in [5.74, 6) is -0.0217. The number of anilines is 1. The summed E-state index contributed by atoms with van der Waals surface area (Å²) in [4.78, 5) is 12.4. The summed E-state index contributed by atoms with van der Waals surface area (Å²) in [6, 6.07) is 7.96. The third-order valence-corrected chi connectivity index (χ3v) is 4.03. The minimum absolute atomic E-state index is 0.0217. The third kappa shape index (κ3) is 3.56. The third-order valence-electron chi connectivity index (χ3n) is 4.03. The molecule has 1 heterocycles. The summed E-state index contributed by atoms with van der Waals surface area (Å²) in [5.41, 5.74) is 5.28. The summed E-state index contributed by atoms with van der Waals surface area (Å²) in [5, 5.41) is 7.62. The van der Waals surface area contributed by atoms with Crippen molar-refractivity contribution in [1.82, 2.24) is 9.78 Å². The Morgan fingerprint density at radius 2 is 1.95 bits per heavy atom. The Labute approximate surface area is 132 Å². The van der Waals surface area contributed by atoms with E-state index in [0.717, 1.165) is 41.9 Å². The number of nitrogens with one attached hydrogen (secondary N) is 1. The van der Waals surface area contributed by atoms with Gasteiger partial charge in [0.2, 0.25) is 0 Å². The Bertz CT molecular complexity index is 658. The zero-order valence-electron chi connectivity index (χ0n) is 13.9. The highest BCUT2D eigenvalue weighted by atomic mass is 16.2. The van der Waals surface area contributed by atoms with Gasteiger partial charge in [-0.05, 0) is 50.8 Å². The molecule has 0 amide bonds. The average Bonchev–Trinajstić information content (AvgIpc) is 2.79. The van der Waals surface area contributed by atoms with E-state index < -0.39 is 0 Å². The topological polar surface area (TPSA) is 46.9 Å². The first-order valence-corrected chi connectivity index (χ1v) is 7.92. The molecule has 0 fully saturated rings. The van der Waals surface area contributed by atoms with Crippen LogP contribution in [0, 0.1) is 20.8 Å². The van der Waals surface area contributed by atoms with Crippen LogP contribution in [-0.4, -0.2) is 22.2 Å². The second-order valence-corrected chi connectivity index (χ2v) is 5.73. The largest absolute Gasteiger partial charge is 0.376 e. The van der Waals surface area contributed by atoms with Crippen molar-refractivity contribution in [2.24, 2.45) is 0 Å². The summed E-state index contributed by atoms with van der Waals surface area (Å²) in [6.45, 7) is 8.42. The molecule has 22 heavy (non-hydrogen) atoms. The molecule has 2 rings (SSSR count). The molecule has 4 nitrogen and oxygen atoms in total. The molecule has 0 spiro atoms. The quantitative estimate of drug-likeness (QED) is 0.880. The van der Waals surface area contributed by atoms with Crippen molar-refractivity contribution in [3.63, 3.8) is 0 Å². The summed E-state index contributed by atoms with van der Waals surface area (Å²) < 4.78 is 1.55. The standard InChI is InChI=1S/C18H25N3O/c1-5-6-10-16-14(3)20-21(15(16)4)18(22)12-19-17-11-8-7-9-13(17)2/h7-9,11,19H,5-6,10,12H2,1-4H3. The average molecular weight is 299 g/mol. The van der Waals surface area contributed by atoms with Gasteiger partial charge in [-0.1, -0.05) is 31.5 Å². The summed E-state index contributed by atoms with van der Waals surface area (Å²) in [7, 11) is 0. The molecule has 1 aromatic carbocycles. The van der Waals surface area contributed by atoms with E-state index in [1.165, 1.54) is 5.56 Å². The molecule has 0 unspecified atom stereocenters.